The molecule has 0 saturated carbocycles. The van der Waals surface area contributed by atoms with Gasteiger partial charge >= 0.3 is 33.5 Å². The van der Waals surface area contributed by atoms with E-state index in [1.54, 1.807) is 0 Å². The summed E-state index contributed by atoms with van der Waals surface area (Å²) in [6.07, 6.45) is 0. The molecule has 0 rings (SSSR count). The quantitative estimate of drug-likeness (QED) is 0.472. The van der Waals surface area contributed by atoms with Crippen LogP contribution in [0.1, 0.15) is 0 Å². The summed E-state index contributed by atoms with van der Waals surface area (Å²) in [5, 5.41) is 15.5. The molecule has 3 nitrogen and oxygen atoms in total. The second-order valence-electron chi connectivity index (χ2n) is 0.562. The van der Waals surface area contributed by atoms with Crippen LogP contribution in [-0.2, 0) is 4.34 Å². The standard InChI is InChI=1S/Al.BH5O3Si.Bi.6H/c;2-1(3)4-5;;;;;;;/h;2-3H,5H3;;;;;;;. The Balaban J connectivity index is -0.0000000800. The first kappa shape index (κ1) is 15.8. The Morgan fingerprint density at radius 1 is 1.43 bits per heavy atom. The van der Waals surface area contributed by atoms with Crippen molar-refractivity contribution in [3.8, 4) is 0 Å². The summed E-state index contributed by atoms with van der Waals surface area (Å²) >= 11 is 0. The molecule has 0 fully saturated rings. The zero-order valence-corrected chi connectivity index (χ0v) is 11.1. The summed E-state index contributed by atoms with van der Waals surface area (Å²) in [5.74, 6) is 0. The maximum absolute atomic E-state index is 7.73. The van der Waals surface area contributed by atoms with Gasteiger partial charge in [0.05, 0.1) is 0 Å². The molecule has 44 valence electrons. The van der Waals surface area contributed by atoms with Crippen molar-refractivity contribution in [3.63, 3.8) is 0 Å². The van der Waals surface area contributed by atoms with Gasteiger partial charge in [-0.2, -0.15) is 0 Å². The summed E-state index contributed by atoms with van der Waals surface area (Å²) in [5.41, 5.74) is 0. The molecule has 7 heavy (non-hydrogen) atoms. The van der Waals surface area contributed by atoms with Gasteiger partial charge in [-0.15, -0.1) is 0 Å². The maximum atomic E-state index is 7.73. The Morgan fingerprint density at radius 2 is 1.57 bits per heavy atom. The van der Waals surface area contributed by atoms with Crippen molar-refractivity contribution in [1.82, 2.24) is 0 Å². The van der Waals surface area contributed by atoms with Crippen LogP contribution in [0.25, 0.3) is 0 Å². The van der Waals surface area contributed by atoms with Crippen LogP contribution in [0.15, 0.2) is 0 Å². The molecule has 0 amide bonds. The van der Waals surface area contributed by atoms with Crippen LogP contribution in [0.3, 0.4) is 0 Å². The first-order valence-corrected chi connectivity index (χ1v) is 1.98. The van der Waals surface area contributed by atoms with E-state index >= 15 is 0 Å². The second kappa shape index (κ2) is 10.5. The third-order valence-corrected chi connectivity index (χ3v) is 0.632. The molecule has 0 aliphatic heterocycles. The Hall–Kier alpha value is 1.58. The van der Waals surface area contributed by atoms with Crippen molar-refractivity contribution in [2.45, 2.75) is 0 Å². The first-order valence-electron chi connectivity index (χ1n) is 1.16. The normalized spacial score (nSPS) is 6.00. The molecule has 7 heteroatoms. The van der Waals surface area contributed by atoms with Crippen LogP contribution in [0, 0.1) is 0 Å². The minimum absolute atomic E-state index is 0. The van der Waals surface area contributed by atoms with E-state index in [9.17, 15) is 0 Å². The summed E-state index contributed by atoms with van der Waals surface area (Å²) in [7, 11) is -1.18. The average molecular weight is 334 g/mol. The molecule has 0 aliphatic carbocycles. The molecule has 0 bridgehead atoms. The summed E-state index contributed by atoms with van der Waals surface area (Å²) in [6.45, 7) is 0. The van der Waals surface area contributed by atoms with E-state index in [1.807, 2.05) is 0 Å². The molecular weight excluding hydrogens is 323 g/mol. The van der Waals surface area contributed by atoms with Crippen LogP contribution < -0.4 is 0 Å². The van der Waals surface area contributed by atoms with Crippen molar-refractivity contribution < 1.29 is 14.4 Å². The fourth-order valence-corrected chi connectivity index (χ4v) is 0. The predicted octanol–water partition coefficient (Wildman–Crippen LogP) is -5.11. The van der Waals surface area contributed by atoms with Crippen LogP contribution in [0.4, 0.5) is 0 Å². The fraction of sp³-hybridized carbons (Fsp3) is 0. The Bertz CT molecular complexity index is 28.9. The minimum atomic E-state index is -1.55. The van der Waals surface area contributed by atoms with Gasteiger partial charge in [-0.25, -0.2) is 0 Å². The number of hydrogen-bond acceptors (Lipinski definition) is 3. The molecule has 0 aromatic carbocycles. The Morgan fingerprint density at radius 3 is 1.57 bits per heavy atom. The number of rotatable bonds is 1. The van der Waals surface area contributed by atoms with Crippen LogP contribution in [0.5, 0.6) is 0 Å². The molecule has 0 heterocycles. The SMILES string of the molecule is OB(O)O[SiH3].[AlH3].[BiH3]. The third kappa shape index (κ3) is 18.4. The van der Waals surface area contributed by atoms with E-state index in [1.165, 1.54) is 0 Å². The molecule has 0 atom stereocenters. The summed E-state index contributed by atoms with van der Waals surface area (Å²) in [4.78, 5) is 0. The molecule has 0 unspecified atom stereocenters. The van der Waals surface area contributed by atoms with Gasteiger partial charge in [-0.1, -0.05) is 0 Å². The fourth-order valence-electron chi connectivity index (χ4n) is 0. The monoisotopic (exact) mass is 334 g/mol. The third-order valence-electron chi connectivity index (χ3n) is 0.211. The second-order valence-corrected chi connectivity index (χ2v) is 1.03. The van der Waals surface area contributed by atoms with Gasteiger partial charge in [0.15, 0.2) is 17.4 Å². The topological polar surface area (TPSA) is 49.7 Å². The van der Waals surface area contributed by atoms with Crippen LogP contribution in [-0.4, -0.2) is 71.4 Å². The molecular formula is H11AlBBiO3Si. The van der Waals surface area contributed by atoms with Gasteiger partial charge in [0.25, 0.3) is 0 Å². The molecule has 0 aromatic heterocycles. The van der Waals surface area contributed by atoms with Crippen molar-refractivity contribution in [3.05, 3.63) is 0 Å². The van der Waals surface area contributed by atoms with Crippen molar-refractivity contribution in [2.75, 3.05) is 0 Å². The van der Waals surface area contributed by atoms with E-state index in [2.05, 4.69) is 4.34 Å². The van der Waals surface area contributed by atoms with Gasteiger partial charge in [-0.3, -0.25) is 0 Å². The van der Waals surface area contributed by atoms with E-state index in [4.69, 9.17) is 10.0 Å². The van der Waals surface area contributed by atoms with E-state index in [-0.39, 0.29) is 43.6 Å². The molecule has 0 saturated heterocycles. The Kier molecular flexibility index (Phi) is 23.8. The zero-order chi connectivity index (χ0) is 4.28. The van der Waals surface area contributed by atoms with Gasteiger partial charge < -0.3 is 14.4 Å². The van der Waals surface area contributed by atoms with Crippen molar-refractivity contribution in [1.29, 1.82) is 0 Å². The van der Waals surface area contributed by atoms with Crippen molar-refractivity contribution in [2.24, 2.45) is 0 Å². The molecule has 0 aliphatic rings. The van der Waals surface area contributed by atoms with Crippen LogP contribution >= 0.6 is 0 Å². The zero-order valence-electron chi connectivity index (χ0n) is 3.59. The van der Waals surface area contributed by atoms with Gasteiger partial charge in [0.2, 0.25) is 0 Å². The summed E-state index contributed by atoms with van der Waals surface area (Å²) in [6, 6.07) is 0. The van der Waals surface area contributed by atoms with E-state index in [0.717, 1.165) is 0 Å². The van der Waals surface area contributed by atoms with Crippen molar-refractivity contribution >= 4 is 61.4 Å². The number of hydrogen-bond donors (Lipinski definition) is 2. The molecule has 0 spiro atoms. The van der Waals surface area contributed by atoms with Gasteiger partial charge in [-0.05, 0) is 0 Å². The van der Waals surface area contributed by atoms with E-state index in [0.29, 0.717) is 10.5 Å². The molecule has 2 N–H and O–H groups in total. The Labute approximate surface area is 75.4 Å². The average Bonchev–Trinajstić information content (AvgIpc) is 1.38. The van der Waals surface area contributed by atoms with Gasteiger partial charge in [0, 0.05) is 0 Å². The van der Waals surface area contributed by atoms with E-state index < -0.39 is 7.32 Å². The first-order chi connectivity index (χ1) is 2.27. The molecule has 0 radical (unpaired) electrons. The van der Waals surface area contributed by atoms with Crippen LogP contribution in [0.2, 0.25) is 0 Å². The predicted molar refractivity (Wildman–Crippen MR) is 41.1 cm³/mol. The van der Waals surface area contributed by atoms with Gasteiger partial charge in [0.1, 0.15) is 10.5 Å². The molecule has 0 aromatic rings. The summed E-state index contributed by atoms with van der Waals surface area (Å²) < 4.78 is 4.00.